The van der Waals surface area contributed by atoms with E-state index in [2.05, 4.69) is 9.71 Å². The SMILES string of the molecule is CCOc1cc(C2=NS(=O)(=O)c3ccccc3N2)cc(Cl)c1OCc1cccc(Cl)c1. The van der Waals surface area contributed by atoms with E-state index in [1.54, 1.807) is 42.5 Å². The molecule has 3 aromatic rings. The normalized spacial score (nSPS) is 14.2. The number of fused-ring (bicyclic) bond motifs is 1. The van der Waals surface area contributed by atoms with E-state index in [0.717, 1.165) is 5.56 Å². The monoisotopic (exact) mass is 476 g/mol. The number of anilines is 1. The Labute approximate surface area is 190 Å². The molecule has 3 aromatic carbocycles. The number of sulfonamides is 1. The average molecular weight is 477 g/mol. The van der Waals surface area contributed by atoms with E-state index in [1.807, 2.05) is 19.1 Å². The van der Waals surface area contributed by atoms with Crippen LogP contribution in [0.2, 0.25) is 10.0 Å². The molecule has 0 aliphatic carbocycles. The summed E-state index contributed by atoms with van der Waals surface area (Å²) < 4.78 is 40.7. The molecule has 4 rings (SSSR count). The van der Waals surface area contributed by atoms with Gasteiger partial charge in [-0.15, -0.1) is 4.40 Å². The number of hydrogen-bond donors (Lipinski definition) is 1. The summed E-state index contributed by atoms with van der Waals surface area (Å²) in [6.07, 6.45) is 0. The molecule has 0 spiro atoms. The lowest BCUT2D eigenvalue weighted by molar-refractivity contribution is 0.269. The Morgan fingerprint density at radius 2 is 1.81 bits per heavy atom. The highest BCUT2D eigenvalue weighted by Gasteiger charge is 2.26. The third-order valence-electron chi connectivity index (χ3n) is 4.48. The van der Waals surface area contributed by atoms with Crippen molar-refractivity contribution in [1.29, 1.82) is 0 Å². The summed E-state index contributed by atoms with van der Waals surface area (Å²) in [5.41, 5.74) is 1.78. The van der Waals surface area contributed by atoms with Gasteiger partial charge in [0.1, 0.15) is 11.5 Å². The highest BCUT2D eigenvalue weighted by Crippen LogP contribution is 2.38. The summed E-state index contributed by atoms with van der Waals surface area (Å²) in [4.78, 5) is 0.122. The highest BCUT2D eigenvalue weighted by atomic mass is 35.5. The van der Waals surface area contributed by atoms with Crippen molar-refractivity contribution in [3.05, 3.63) is 81.8 Å². The minimum Gasteiger partial charge on any atom is -0.490 e. The van der Waals surface area contributed by atoms with Crippen LogP contribution in [0.15, 0.2) is 70.0 Å². The Balaban J connectivity index is 1.68. The second-order valence-corrected chi connectivity index (χ2v) is 9.09. The van der Waals surface area contributed by atoms with Gasteiger partial charge in [-0.2, -0.15) is 8.42 Å². The predicted octanol–water partition coefficient (Wildman–Crippen LogP) is 5.53. The molecule has 0 fully saturated rings. The van der Waals surface area contributed by atoms with Crippen LogP contribution in [-0.4, -0.2) is 20.9 Å². The first kappa shape index (κ1) is 21.5. The Morgan fingerprint density at radius 3 is 2.58 bits per heavy atom. The maximum atomic E-state index is 12.6. The van der Waals surface area contributed by atoms with Crippen LogP contribution in [0.3, 0.4) is 0 Å². The van der Waals surface area contributed by atoms with Gasteiger partial charge in [-0.3, -0.25) is 0 Å². The second-order valence-electron chi connectivity index (χ2n) is 6.67. The van der Waals surface area contributed by atoms with Gasteiger partial charge in [0.15, 0.2) is 17.3 Å². The molecule has 0 amide bonds. The highest BCUT2D eigenvalue weighted by molar-refractivity contribution is 7.90. The van der Waals surface area contributed by atoms with E-state index < -0.39 is 10.0 Å². The van der Waals surface area contributed by atoms with E-state index in [1.165, 1.54) is 6.07 Å². The molecule has 160 valence electrons. The molecule has 6 nitrogen and oxygen atoms in total. The number of para-hydroxylation sites is 1. The van der Waals surface area contributed by atoms with Crippen LogP contribution >= 0.6 is 23.2 Å². The lowest BCUT2D eigenvalue weighted by Crippen LogP contribution is -2.22. The van der Waals surface area contributed by atoms with Crippen LogP contribution in [0.25, 0.3) is 0 Å². The molecule has 1 aliphatic heterocycles. The average Bonchev–Trinajstić information content (AvgIpc) is 2.73. The van der Waals surface area contributed by atoms with E-state index in [9.17, 15) is 8.42 Å². The fourth-order valence-electron chi connectivity index (χ4n) is 3.13. The Hall–Kier alpha value is -2.74. The van der Waals surface area contributed by atoms with Gasteiger partial charge in [-0.1, -0.05) is 47.5 Å². The standard InChI is InChI=1S/C22H18Cl2N2O4S/c1-2-29-19-12-15(22-25-18-8-3-4-9-20(18)31(27,28)26-22)11-17(24)21(19)30-13-14-6-5-7-16(23)10-14/h3-12H,2,13H2,1H3,(H,25,26). The predicted molar refractivity (Wildman–Crippen MR) is 122 cm³/mol. The number of nitrogens with one attached hydrogen (secondary N) is 1. The van der Waals surface area contributed by atoms with Gasteiger partial charge in [0.05, 0.1) is 17.3 Å². The summed E-state index contributed by atoms with van der Waals surface area (Å²) in [7, 11) is -3.84. The van der Waals surface area contributed by atoms with E-state index in [4.69, 9.17) is 32.7 Å². The largest absolute Gasteiger partial charge is 0.490 e. The van der Waals surface area contributed by atoms with Crippen molar-refractivity contribution in [3.63, 3.8) is 0 Å². The minimum atomic E-state index is -3.84. The van der Waals surface area contributed by atoms with Gasteiger partial charge in [0.2, 0.25) is 0 Å². The van der Waals surface area contributed by atoms with Crippen molar-refractivity contribution < 1.29 is 17.9 Å². The first-order chi connectivity index (χ1) is 14.9. The fourth-order valence-corrected chi connectivity index (χ4v) is 4.74. The lowest BCUT2D eigenvalue weighted by Gasteiger charge is -2.20. The minimum absolute atomic E-state index is 0.122. The fraction of sp³-hybridized carbons (Fsp3) is 0.136. The molecule has 0 bridgehead atoms. The van der Waals surface area contributed by atoms with Crippen molar-refractivity contribution in [1.82, 2.24) is 0 Å². The first-order valence-electron chi connectivity index (χ1n) is 9.42. The molecule has 1 aliphatic rings. The lowest BCUT2D eigenvalue weighted by atomic mass is 10.1. The van der Waals surface area contributed by atoms with Crippen molar-refractivity contribution in [2.75, 3.05) is 11.9 Å². The topological polar surface area (TPSA) is 77.0 Å². The number of rotatable bonds is 6. The molecule has 0 saturated carbocycles. The van der Waals surface area contributed by atoms with Gasteiger partial charge in [-0.25, -0.2) is 0 Å². The molecule has 0 atom stereocenters. The number of ether oxygens (including phenoxy) is 2. The van der Waals surface area contributed by atoms with Gasteiger partial charge in [0, 0.05) is 10.6 Å². The van der Waals surface area contributed by atoms with Crippen molar-refractivity contribution in [2.24, 2.45) is 4.40 Å². The zero-order valence-electron chi connectivity index (χ0n) is 16.4. The summed E-state index contributed by atoms with van der Waals surface area (Å²) in [6, 6.07) is 17.1. The molecule has 0 unspecified atom stereocenters. The molecule has 0 saturated heterocycles. The summed E-state index contributed by atoms with van der Waals surface area (Å²) in [6.45, 7) is 2.44. The molecular weight excluding hydrogens is 459 g/mol. The second kappa shape index (κ2) is 8.78. The van der Waals surface area contributed by atoms with Gasteiger partial charge < -0.3 is 14.8 Å². The first-order valence-corrected chi connectivity index (χ1v) is 11.6. The van der Waals surface area contributed by atoms with E-state index in [-0.39, 0.29) is 22.4 Å². The zero-order valence-corrected chi connectivity index (χ0v) is 18.8. The van der Waals surface area contributed by atoms with Crippen LogP contribution in [-0.2, 0) is 16.6 Å². The molecule has 0 radical (unpaired) electrons. The zero-order chi connectivity index (χ0) is 22.0. The van der Waals surface area contributed by atoms with Crippen LogP contribution in [0.5, 0.6) is 11.5 Å². The number of amidine groups is 1. The quantitative estimate of drug-likeness (QED) is 0.505. The maximum absolute atomic E-state index is 12.6. The number of nitrogens with zero attached hydrogens (tertiary/aromatic N) is 1. The van der Waals surface area contributed by atoms with E-state index in [0.29, 0.717) is 34.4 Å². The van der Waals surface area contributed by atoms with Crippen LogP contribution in [0.4, 0.5) is 5.69 Å². The third-order valence-corrected chi connectivity index (χ3v) is 6.34. The van der Waals surface area contributed by atoms with Crippen molar-refractivity contribution >= 4 is 44.7 Å². The third kappa shape index (κ3) is 4.63. The van der Waals surface area contributed by atoms with Crippen molar-refractivity contribution in [3.8, 4) is 11.5 Å². The molecule has 1 heterocycles. The summed E-state index contributed by atoms with van der Waals surface area (Å²) in [5.74, 6) is 0.891. The Morgan fingerprint density at radius 1 is 1.00 bits per heavy atom. The van der Waals surface area contributed by atoms with Crippen LogP contribution in [0, 0.1) is 0 Å². The van der Waals surface area contributed by atoms with Crippen LogP contribution < -0.4 is 14.8 Å². The number of benzene rings is 3. The summed E-state index contributed by atoms with van der Waals surface area (Å²) in [5, 5.41) is 3.92. The molecule has 1 N–H and O–H groups in total. The Kier molecular flexibility index (Phi) is 6.09. The Bertz CT molecular complexity index is 1280. The number of hydrogen-bond acceptors (Lipinski definition) is 5. The smallest absolute Gasteiger partial charge is 0.286 e. The van der Waals surface area contributed by atoms with Crippen LogP contribution in [0.1, 0.15) is 18.1 Å². The van der Waals surface area contributed by atoms with Gasteiger partial charge >= 0.3 is 0 Å². The number of halogens is 2. The van der Waals surface area contributed by atoms with Gasteiger partial charge in [0.25, 0.3) is 10.0 Å². The van der Waals surface area contributed by atoms with Gasteiger partial charge in [-0.05, 0) is 48.9 Å². The van der Waals surface area contributed by atoms with E-state index >= 15 is 0 Å². The molecule has 9 heteroatoms. The molecule has 0 aromatic heterocycles. The summed E-state index contributed by atoms with van der Waals surface area (Å²) >= 11 is 12.5. The van der Waals surface area contributed by atoms with Crippen molar-refractivity contribution in [2.45, 2.75) is 18.4 Å². The molecular formula is C22H18Cl2N2O4S. The maximum Gasteiger partial charge on any atom is 0.286 e. The molecule has 31 heavy (non-hydrogen) atoms.